The van der Waals surface area contributed by atoms with Crippen molar-refractivity contribution >= 4 is 5.69 Å². The van der Waals surface area contributed by atoms with Crippen molar-refractivity contribution in [1.29, 1.82) is 0 Å². The first kappa shape index (κ1) is 15.2. The summed E-state index contributed by atoms with van der Waals surface area (Å²) >= 11 is 0. The molecule has 0 aliphatic rings. The Bertz CT molecular complexity index is 612. The lowest BCUT2D eigenvalue weighted by molar-refractivity contribution is 0.340. The molecule has 1 aromatic carbocycles. The molecular weight excluding hydrogens is 264 g/mol. The van der Waals surface area contributed by atoms with E-state index in [1.807, 2.05) is 51.2 Å². The average Bonchev–Trinajstić information content (AvgIpc) is 2.48. The van der Waals surface area contributed by atoms with Gasteiger partial charge >= 0.3 is 0 Å². The number of pyridine rings is 1. The highest BCUT2D eigenvalue weighted by atomic mass is 16.5. The minimum atomic E-state index is 0.651. The van der Waals surface area contributed by atoms with Gasteiger partial charge in [0.2, 0.25) is 0 Å². The minimum absolute atomic E-state index is 0.651. The number of rotatable bonds is 6. The zero-order valence-corrected chi connectivity index (χ0v) is 13.1. The molecule has 112 valence electrons. The Balaban J connectivity index is 2.11. The molecule has 21 heavy (non-hydrogen) atoms. The van der Waals surface area contributed by atoms with Crippen LogP contribution in [-0.2, 0) is 6.54 Å². The van der Waals surface area contributed by atoms with Crippen molar-refractivity contribution in [2.45, 2.75) is 27.3 Å². The zero-order valence-electron chi connectivity index (χ0n) is 13.1. The summed E-state index contributed by atoms with van der Waals surface area (Å²) in [6.07, 6.45) is 1.85. The van der Waals surface area contributed by atoms with Crippen molar-refractivity contribution < 1.29 is 9.47 Å². The fourth-order valence-corrected chi connectivity index (χ4v) is 2.30. The predicted octanol–water partition coefficient (Wildman–Crippen LogP) is 3.72. The van der Waals surface area contributed by atoms with Crippen LogP contribution in [0.5, 0.6) is 11.5 Å². The standard InChI is InChI=1S/C17H22N2O2/c1-5-21-15-8-6-7-14(9-15)18-11-16-13(3)17(20-4)12(2)10-19-16/h6-10,18H,5,11H2,1-4H3. The number of anilines is 1. The summed E-state index contributed by atoms with van der Waals surface area (Å²) in [6, 6.07) is 7.93. The van der Waals surface area contributed by atoms with Gasteiger partial charge in [-0.1, -0.05) is 6.07 Å². The van der Waals surface area contributed by atoms with Gasteiger partial charge in [-0.15, -0.1) is 0 Å². The molecular formula is C17H22N2O2. The van der Waals surface area contributed by atoms with E-state index in [-0.39, 0.29) is 0 Å². The van der Waals surface area contributed by atoms with Crippen LogP contribution in [0.25, 0.3) is 0 Å². The van der Waals surface area contributed by atoms with Gasteiger partial charge in [-0.2, -0.15) is 0 Å². The van der Waals surface area contributed by atoms with E-state index >= 15 is 0 Å². The summed E-state index contributed by atoms with van der Waals surface area (Å²) in [5.41, 5.74) is 4.13. The van der Waals surface area contributed by atoms with Gasteiger partial charge in [0.15, 0.2) is 0 Å². The van der Waals surface area contributed by atoms with E-state index in [4.69, 9.17) is 9.47 Å². The number of hydrogen-bond donors (Lipinski definition) is 1. The summed E-state index contributed by atoms with van der Waals surface area (Å²) < 4.78 is 10.9. The summed E-state index contributed by atoms with van der Waals surface area (Å²) in [5.74, 6) is 1.78. The highest BCUT2D eigenvalue weighted by molar-refractivity contribution is 5.49. The maximum atomic E-state index is 5.50. The molecule has 0 aliphatic carbocycles. The molecule has 0 bridgehead atoms. The van der Waals surface area contributed by atoms with Crippen molar-refractivity contribution in [3.63, 3.8) is 0 Å². The fourth-order valence-electron chi connectivity index (χ4n) is 2.30. The Morgan fingerprint density at radius 3 is 2.76 bits per heavy atom. The Kier molecular flexibility index (Phi) is 5.04. The normalized spacial score (nSPS) is 10.3. The van der Waals surface area contributed by atoms with Gasteiger partial charge < -0.3 is 14.8 Å². The zero-order chi connectivity index (χ0) is 15.2. The van der Waals surface area contributed by atoms with Crippen molar-refractivity contribution in [3.8, 4) is 11.5 Å². The topological polar surface area (TPSA) is 43.4 Å². The van der Waals surface area contributed by atoms with E-state index < -0.39 is 0 Å². The molecule has 1 heterocycles. The van der Waals surface area contributed by atoms with Gasteiger partial charge in [0.25, 0.3) is 0 Å². The number of nitrogens with one attached hydrogen (secondary N) is 1. The number of methoxy groups -OCH3 is 1. The van der Waals surface area contributed by atoms with E-state index in [9.17, 15) is 0 Å². The molecule has 0 atom stereocenters. The lowest BCUT2D eigenvalue weighted by Gasteiger charge is -2.13. The van der Waals surface area contributed by atoms with E-state index in [2.05, 4.69) is 10.3 Å². The van der Waals surface area contributed by atoms with Crippen molar-refractivity contribution in [3.05, 3.63) is 47.3 Å². The van der Waals surface area contributed by atoms with E-state index in [0.29, 0.717) is 13.2 Å². The summed E-state index contributed by atoms with van der Waals surface area (Å²) in [7, 11) is 1.69. The van der Waals surface area contributed by atoms with Gasteiger partial charge in [0, 0.05) is 29.1 Å². The lowest BCUT2D eigenvalue weighted by Crippen LogP contribution is -2.06. The summed E-state index contributed by atoms with van der Waals surface area (Å²) in [6.45, 7) is 7.33. The number of benzene rings is 1. The van der Waals surface area contributed by atoms with Crippen LogP contribution in [0.1, 0.15) is 23.7 Å². The van der Waals surface area contributed by atoms with Crippen LogP contribution in [0, 0.1) is 13.8 Å². The second-order valence-electron chi connectivity index (χ2n) is 4.86. The summed E-state index contributed by atoms with van der Waals surface area (Å²) in [5, 5.41) is 3.37. The molecule has 0 saturated carbocycles. The number of aromatic nitrogens is 1. The Labute approximate surface area is 126 Å². The molecule has 2 rings (SSSR count). The monoisotopic (exact) mass is 286 g/mol. The van der Waals surface area contributed by atoms with Crippen LogP contribution < -0.4 is 14.8 Å². The quantitative estimate of drug-likeness (QED) is 0.879. The second kappa shape index (κ2) is 6.97. The van der Waals surface area contributed by atoms with Crippen LogP contribution in [-0.4, -0.2) is 18.7 Å². The van der Waals surface area contributed by atoms with E-state index in [1.165, 1.54) is 0 Å². The Morgan fingerprint density at radius 1 is 1.24 bits per heavy atom. The fraction of sp³-hybridized carbons (Fsp3) is 0.353. The molecule has 0 amide bonds. The highest BCUT2D eigenvalue weighted by Crippen LogP contribution is 2.25. The molecule has 0 unspecified atom stereocenters. The van der Waals surface area contributed by atoms with Crippen LogP contribution in [0.4, 0.5) is 5.69 Å². The first-order chi connectivity index (χ1) is 10.2. The molecule has 0 saturated heterocycles. The maximum Gasteiger partial charge on any atom is 0.128 e. The van der Waals surface area contributed by atoms with Gasteiger partial charge in [0.05, 0.1) is 26.0 Å². The molecule has 1 N–H and O–H groups in total. The van der Waals surface area contributed by atoms with Gasteiger partial charge in [-0.25, -0.2) is 0 Å². The predicted molar refractivity (Wildman–Crippen MR) is 85.2 cm³/mol. The lowest BCUT2D eigenvalue weighted by atomic mass is 10.1. The molecule has 0 aliphatic heterocycles. The third-order valence-corrected chi connectivity index (χ3v) is 3.35. The van der Waals surface area contributed by atoms with Gasteiger partial charge in [0.1, 0.15) is 11.5 Å². The van der Waals surface area contributed by atoms with Crippen LogP contribution >= 0.6 is 0 Å². The maximum absolute atomic E-state index is 5.50. The van der Waals surface area contributed by atoms with E-state index in [1.54, 1.807) is 7.11 Å². The van der Waals surface area contributed by atoms with Gasteiger partial charge in [-0.3, -0.25) is 4.98 Å². The van der Waals surface area contributed by atoms with Crippen molar-refractivity contribution in [2.75, 3.05) is 19.0 Å². The number of ether oxygens (including phenoxy) is 2. The van der Waals surface area contributed by atoms with E-state index in [0.717, 1.165) is 34.0 Å². The molecule has 2 aromatic rings. The number of aryl methyl sites for hydroxylation is 1. The Morgan fingerprint density at radius 2 is 2.05 bits per heavy atom. The first-order valence-electron chi connectivity index (χ1n) is 7.11. The third-order valence-electron chi connectivity index (χ3n) is 3.35. The Hall–Kier alpha value is -2.23. The van der Waals surface area contributed by atoms with Gasteiger partial charge in [-0.05, 0) is 32.9 Å². The van der Waals surface area contributed by atoms with Crippen LogP contribution in [0.3, 0.4) is 0 Å². The SMILES string of the molecule is CCOc1cccc(NCc2ncc(C)c(OC)c2C)c1. The second-order valence-corrected chi connectivity index (χ2v) is 4.86. The minimum Gasteiger partial charge on any atom is -0.496 e. The molecule has 0 fully saturated rings. The average molecular weight is 286 g/mol. The number of hydrogen-bond acceptors (Lipinski definition) is 4. The first-order valence-corrected chi connectivity index (χ1v) is 7.11. The molecule has 0 spiro atoms. The molecule has 0 radical (unpaired) electrons. The van der Waals surface area contributed by atoms with Crippen LogP contribution in [0.2, 0.25) is 0 Å². The third kappa shape index (κ3) is 3.66. The molecule has 1 aromatic heterocycles. The largest absolute Gasteiger partial charge is 0.496 e. The summed E-state index contributed by atoms with van der Waals surface area (Å²) in [4.78, 5) is 4.49. The van der Waals surface area contributed by atoms with Crippen molar-refractivity contribution in [1.82, 2.24) is 4.98 Å². The smallest absolute Gasteiger partial charge is 0.128 e. The molecule has 4 heteroatoms. The number of nitrogens with zero attached hydrogens (tertiary/aromatic N) is 1. The highest BCUT2D eigenvalue weighted by Gasteiger charge is 2.09. The molecule has 4 nitrogen and oxygen atoms in total. The van der Waals surface area contributed by atoms with Crippen molar-refractivity contribution in [2.24, 2.45) is 0 Å². The van der Waals surface area contributed by atoms with Crippen LogP contribution in [0.15, 0.2) is 30.5 Å².